The summed E-state index contributed by atoms with van der Waals surface area (Å²) >= 11 is 5.42. The smallest absolute Gasteiger partial charge is 0.153 e. The van der Waals surface area contributed by atoms with Gasteiger partial charge in [0.05, 0.1) is 18.6 Å². The Labute approximate surface area is 87.8 Å². The van der Waals surface area contributed by atoms with E-state index in [-0.39, 0.29) is 5.88 Å². The van der Waals surface area contributed by atoms with Gasteiger partial charge in [-0.1, -0.05) is 11.8 Å². The summed E-state index contributed by atoms with van der Waals surface area (Å²) in [4.78, 5) is 10.6. The summed E-state index contributed by atoms with van der Waals surface area (Å²) < 4.78 is 5.02. The fourth-order valence-corrected chi connectivity index (χ4v) is 1.09. The van der Waals surface area contributed by atoms with Crippen molar-refractivity contribution in [2.45, 2.75) is 0 Å². The number of carbonyl (C=O) groups excluding carboxylic acids is 1. The summed E-state index contributed by atoms with van der Waals surface area (Å²) in [5.74, 6) is 6.39. The Balaban J connectivity index is 3.07. The second-order valence-corrected chi connectivity index (χ2v) is 2.78. The van der Waals surface area contributed by atoms with Gasteiger partial charge in [-0.05, 0) is 18.2 Å². The number of methoxy groups -OCH3 is 1. The Morgan fingerprint density at radius 2 is 2.36 bits per heavy atom. The number of hydrogen-bond donors (Lipinski definition) is 0. The molecule has 1 aromatic carbocycles. The summed E-state index contributed by atoms with van der Waals surface area (Å²) in [6.07, 6.45) is 0.748. The van der Waals surface area contributed by atoms with Crippen LogP contribution in [0.15, 0.2) is 18.2 Å². The molecule has 3 heteroatoms. The summed E-state index contributed by atoms with van der Waals surface area (Å²) in [6.45, 7) is 0. The van der Waals surface area contributed by atoms with Crippen LogP contribution in [-0.4, -0.2) is 19.3 Å². The summed E-state index contributed by atoms with van der Waals surface area (Å²) in [5.41, 5.74) is 1.30. The number of hydrogen-bond acceptors (Lipinski definition) is 2. The first-order chi connectivity index (χ1) is 6.81. The predicted molar refractivity (Wildman–Crippen MR) is 56.0 cm³/mol. The monoisotopic (exact) mass is 208 g/mol. The van der Waals surface area contributed by atoms with Crippen molar-refractivity contribution in [1.29, 1.82) is 0 Å². The normalized spacial score (nSPS) is 8.71. The van der Waals surface area contributed by atoms with Gasteiger partial charge in [0.25, 0.3) is 0 Å². The lowest BCUT2D eigenvalue weighted by molar-refractivity contribution is 0.112. The van der Waals surface area contributed by atoms with Crippen LogP contribution in [0.1, 0.15) is 15.9 Å². The topological polar surface area (TPSA) is 26.3 Å². The van der Waals surface area contributed by atoms with E-state index < -0.39 is 0 Å². The molecular formula is C11H9ClO2. The summed E-state index contributed by atoms with van der Waals surface area (Å²) in [5, 5.41) is 0. The minimum Gasteiger partial charge on any atom is -0.496 e. The van der Waals surface area contributed by atoms with Crippen molar-refractivity contribution in [1.82, 2.24) is 0 Å². The van der Waals surface area contributed by atoms with E-state index in [0.29, 0.717) is 11.3 Å². The van der Waals surface area contributed by atoms with Crippen LogP contribution < -0.4 is 4.74 Å². The number of alkyl halides is 1. The van der Waals surface area contributed by atoms with E-state index >= 15 is 0 Å². The molecule has 0 aliphatic carbocycles. The molecule has 0 heterocycles. The molecule has 0 aliphatic heterocycles. The maximum atomic E-state index is 10.6. The Kier molecular flexibility index (Phi) is 4.03. The highest BCUT2D eigenvalue weighted by Gasteiger charge is 2.01. The highest BCUT2D eigenvalue weighted by Crippen LogP contribution is 2.17. The summed E-state index contributed by atoms with van der Waals surface area (Å²) in [6, 6.07) is 5.14. The van der Waals surface area contributed by atoms with Crippen molar-refractivity contribution >= 4 is 17.9 Å². The highest BCUT2D eigenvalue weighted by molar-refractivity contribution is 6.19. The molecule has 0 radical (unpaired) electrons. The summed E-state index contributed by atoms with van der Waals surface area (Å²) in [7, 11) is 1.51. The van der Waals surface area contributed by atoms with Crippen molar-refractivity contribution in [2.24, 2.45) is 0 Å². The SMILES string of the molecule is COc1cc(C#CCCl)ccc1C=O. The average molecular weight is 209 g/mol. The van der Waals surface area contributed by atoms with Gasteiger partial charge in [0.1, 0.15) is 5.75 Å². The van der Waals surface area contributed by atoms with E-state index in [1.165, 1.54) is 7.11 Å². The van der Waals surface area contributed by atoms with Gasteiger partial charge >= 0.3 is 0 Å². The van der Waals surface area contributed by atoms with Crippen molar-refractivity contribution in [3.8, 4) is 17.6 Å². The van der Waals surface area contributed by atoms with E-state index in [9.17, 15) is 4.79 Å². The van der Waals surface area contributed by atoms with Crippen molar-refractivity contribution in [2.75, 3.05) is 13.0 Å². The molecule has 0 saturated carbocycles. The highest BCUT2D eigenvalue weighted by atomic mass is 35.5. The van der Waals surface area contributed by atoms with E-state index in [1.54, 1.807) is 18.2 Å². The largest absolute Gasteiger partial charge is 0.496 e. The van der Waals surface area contributed by atoms with Gasteiger partial charge in [0.15, 0.2) is 6.29 Å². The van der Waals surface area contributed by atoms with Gasteiger partial charge < -0.3 is 4.74 Å². The molecule has 0 unspecified atom stereocenters. The maximum absolute atomic E-state index is 10.6. The zero-order chi connectivity index (χ0) is 10.4. The molecule has 0 fully saturated rings. The molecule has 1 aromatic rings. The molecule has 1 rings (SSSR count). The van der Waals surface area contributed by atoms with E-state index in [0.717, 1.165) is 11.8 Å². The van der Waals surface area contributed by atoms with Gasteiger partial charge in [-0.2, -0.15) is 0 Å². The maximum Gasteiger partial charge on any atom is 0.153 e. The Hall–Kier alpha value is -1.46. The third kappa shape index (κ3) is 2.51. The van der Waals surface area contributed by atoms with Crippen LogP contribution in [0, 0.1) is 11.8 Å². The van der Waals surface area contributed by atoms with Crippen LogP contribution in [-0.2, 0) is 0 Å². The molecule has 0 saturated heterocycles. The van der Waals surface area contributed by atoms with Gasteiger partial charge in [-0.15, -0.1) is 11.6 Å². The van der Waals surface area contributed by atoms with Crippen LogP contribution in [0.4, 0.5) is 0 Å². The lowest BCUT2D eigenvalue weighted by Gasteiger charge is -2.02. The van der Waals surface area contributed by atoms with Crippen molar-refractivity contribution in [3.05, 3.63) is 29.3 Å². The first-order valence-corrected chi connectivity index (χ1v) is 4.53. The van der Waals surface area contributed by atoms with Gasteiger partial charge in [0.2, 0.25) is 0 Å². The third-order valence-electron chi connectivity index (χ3n) is 1.66. The van der Waals surface area contributed by atoms with Crippen molar-refractivity contribution in [3.63, 3.8) is 0 Å². The molecule has 14 heavy (non-hydrogen) atoms. The minimum absolute atomic E-state index is 0.289. The van der Waals surface area contributed by atoms with Crippen molar-refractivity contribution < 1.29 is 9.53 Å². The predicted octanol–water partition coefficient (Wildman–Crippen LogP) is 2.10. The number of halogens is 1. The molecule has 2 nitrogen and oxygen atoms in total. The lowest BCUT2D eigenvalue weighted by Crippen LogP contribution is -1.90. The second kappa shape index (κ2) is 5.31. The molecule has 0 amide bonds. The average Bonchev–Trinajstić information content (AvgIpc) is 2.25. The van der Waals surface area contributed by atoms with Gasteiger partial charge in [0, 0.05) is 5.56 Å². The van der Waals surface area contributed by atoms with Gasteiger partial charge in [-0.3, -0.25) is 4.79 Å². The second-order valence-electron chi connectivity index (χ2n) is 2.51. The van der Waals surface area contributed by atoms with Crippen LogP contribution in [0.5, 0.6) is 5.75 Å². The Bertz CT molecular complexity index is 388. The van der Waals surface area contributed by atoms with E-state index in [2.05, 4.69) is 11.8 Å². The van der Waals surface area contributed by atoms with Gasteiger partial charge in [-0.25, -0.2) is 0 Å². The number of rotatable bonds is 2. The minimum atomic E-state index is 0.289. The van der Waals surface area contributed by atoms with Crippen LogP contribution >= 0.6 is 11.6 Å². The number of benzene rings is 1. The number of ether oxygens (including phenoxy) is 1. The number of aldehydes is 1. The molecule has 0 spiro atoms. The molecule has 0 bridgehead atoms. The fourth-order valence-electron chi connectivity index (χ4n) is 1.02. The van der Waals surface area contributed by atoms with E-state index in [4.69, 9.17) is 16.3 Å². The third-order valence-corrected chi connectivity index (χ3v) is 1.79. The molecule has 0 aliphatic rings. The molecule has 72 valence electrons. The zero-order valence-electron chi connectivity index (χ0n) is 7.71. The standard InChI is InChI=1S/C11H9ClO2/c1-14-11-7-9(3-2-6-12)4-5-10(11)8-13/h4-5,7-8H,6H2,1H3. The Morgan fingerprint density at radius 3 is 2.93 bits per heavy atom. The first kappa shape index (κ1) is 10.6. The van der Waals surface area contributed by atoms with E-state index in [1.807, 2.05) is 0 Å². The molecule has 0 aromatic heterocycles. The van der Waals surface area contributed by atoms with Crippen LogP contribution in [0.3, 0.4) is 0 Å². The molecule has 0 atom stereocenters. The zero-order valence-corrected chi connectivity index (χ0v) is 8.47. The molecule has 0 N–H and O–H groups in total. The fraction of sp³-hybridized carbons (Fsp3) is 0.182. The quantitative estimate of drug-likeness (QED) is 0.423. The van der Waals surface area contributed by atoms with Crippen LogP contribution in [0.2, 0.25) is 0 Å². The lowest BCUT2D eigenvalue weighted by atomic mass is 10.1. The number of carbonyl (C=O) groups is 1. The molecular weight excluding hydrogens is 200 g/mol. The van der Waals surface area contributed by atoms with Crippen LogP contribution in [0.25, 0.3) is 0 Å². The Morgan fingerprint density at radius 1 is 1.57 bits per heavy atom. The first-order valence-electron chi connectivity index (χ1n) is 4.00.